The van der Waals surface area contributed by atoms with Gasteiger partial charge in [-0.3, -0.25) is 9.69 Å². The number of aliphatic imine (C=N–C) groups is 1. The molecule has 10 heteroatoms. The van der Waals surface area contributed by atoms with E-state index in [4.69, 9.17) is 14.6 Å². The molecule has 3 aromatic carbocycles. The summed E-state index contributed by atoms with van der Waals surface area (Å²) in [4.78, 5) is 30.8. The zero-order chi connectivity index (χ0) is 26.5. The van der Waals surface area contributed by atoms with Gasteiger partial charge in [0.15, 0.2) is 16.7 Å². The number of benzene rings is 3. The number of amidine groups is 1. The van der Waals surface area contributed by atoms with Gasteiger partial charge in [-0.15, -0.1) is 0 Å². The Morgan fingerprint density at radius 1 is 1.14 bits per heavy atom. The van der Waals surface area contributed by atoms with Crippen molar-refractivity contribution >= 4 is 56.5 Å². The average Bonchev–Trinajstić information content (AvgIpc) is 3.18. The monoisotopic (exact) mass is 584 g/mol. The number of aromatic carboxylic acids is 1. The molecule has 1 aliphatic heterocycles. The third kappa shape index (κ3) is 6.20. The van der Waals surface area contributed by atoms with E-state index >= 15 is 0 Å². The Kier molecular flexibility index (Phi) is 8.30. The summed E-state index contributed by atoms with van der Waals surface area (Å²) in [6.45, 7) is 2.52. The summed E-state index contributed by atoms with van der Waals surface area (Å²) in [6.07, 6.45) is 1.75. The number of nitrogens with zero attached hydrogens (tertiary/aromatic N) is 2. The summed E-state index contributed by atoms with van der Waals surface area (Å²) in [7, 11) is 1.53. The van der Waals surface area contributed by atoms with E-state index in [1.807, 2.05) is 6.92 Å². The molecule has 3 aromatic rings. The van der Waals surface area contributed by atoms with Crippen molar-refractivity contribution < 1.29 is 28.6 Å². The molecule has 0 saturated carbocycles. The van der Waals surface area contributed by atoms with E-state index in [-0.39, 0.29) is 23.9 Å². The largest absolute Gasteiger partial charge is 0.493 e. The zero-order valence-corrected chi connectivity index (χ0v) is 22.3. The first-order valence-corrected chi connectivity index (χ1v) is 12.8. The van der Waals surface area contributed by atoms with Crippen molar-refractivity contribution in [3.8, 4) is 11.5 Å². The zero-order valence-electron chi connectivity index (χ0n) is 19.9. The highest BCUT2D eigenvalue weighted by molar-refractivity contribution is 9.10. The number of likely N-dealkylation sites (N-methyl/N-ethyl adjacent to an activating group) is 1. The van der Waals surface area contributed by atoms with Crippen LogP contribution in [0.1, 0.15) is 28.4 Å². The van der Waals surface area contributed by atoms with Crippen molar-refractivity contribution in [2.24, 2.45) is 4.99 Å². The summed E-state index contributed by atoms with van der Waals surface area (Å²) in [5.74, 6) is -0.540. The maximum atomic E-state index is 13.2. The Balaban J connectivity index is 1.57. The number of thioether (sulfide) groups is 1. The van der Waals surface area contributed by atoms with E-state index in [0.29, 0.717) is 43.8 Å². The van der Waals surface area contributed by atoms with Crippen LogP contribution in [0.5, 0.6) is 11.5 Å². The van der Waals surface area contributed by atoms with Crippen molar-refractivity contribution in [1.29, 1.82) is 0 Å². The van der Waals surface area contributed by atoms with Crippen LogP contribution in [0.25, 0.3) is 6.08 Å². The topological polar surface area (TPSA) is 88.4 Å². The predicted octanol–water partition coefficient (Wildman–Crippen LogP) is 6.50. The number of rotatable bonds is 8. The van der Waals surface area contributed by atoms with Gasteiger partial charge >= 0.3 is 5.97 Å². The fourth-order valence-corrected chi connectivity index (χ4v) is 4.97. The number of methoxy groups -OCH3 is 1. The number of carbonyl (C=O) groups excluding carboxylic acids is 1. The molecule has 1 fully saturated rings. The maximum absolute atomic E-state index is 13.2. The molecule has 0 bridgehead atoms. The fourth-order valence-electron chi connectivity index (χ4n) is 3.48. The lowest BCUT2D eigenvalue weighted by Crippen LogP contribution is -2.28. The van der Waals surface area contributed by atoms with Gasteiger partial charge in [0, 0.05) is 11.0 Å². The van der Waals surface area contributed by atoms with Crippen LogP contribution in [0, 0.1) is 5.82 Å². The first kappa shape index (κ1) is 26.4. The lowest BCUT2D eigenvalue weighted by Gasteiger charge is -2.13. The van der Waals surface area contributed by atoms with Crippen molar-refractivity contribution in [3.05, 3.63) is 92.5 Å². The quantitative estimate of drug-likeness (QED) is 0.304. The second kappa shape index (κ2) is 11.6. The number of ether oxygens (including phenoxy) is 2. The van der Waals surface area contributed by atoms with Crippen molar-refractivity contribution in [2.75, 3.05) is 13.7 Å². The van der Waals surface area contributed by atoms with Crippen LogP contribution >= 0.6 is 27.7 Å². The minimum Gasteiger partial charge on any atom is -0.493 e. The molecule has 190 valence electrons. The number of carbonyl (C=O) groups is 2. The highest BCUT2D eigenvalue weighted by atomic mass is 79.9. The normalized spacial score (nSPS) is 15.5. The lowest BCUT2D eigenvalue weighted by molar-refractivity contribution is -0.122. The lowest BCUT2D eigenvalue weighted by atomic mass is 10.1. The number of amides is 1. The average molecular weight is 585 g/mol. The van der Waals surface area contributed by atoms with Crippen molar-refractivity contribution in [3.63, 3.8) is 0 Å². The molecule has 1 aliphatic rings. The molecule has 0 atom stereocenters. The Morgan fingerprint density at radius 2 is 1.84 bits per heavy atom. The minimum absolute atomic E-state index is 0.163. The second-order valence-electron chi connectivity index (χ2n) is 7.85. The van der Waals surface area contributed by atoms with E-state index in [9.17, 15) is 14.0 Å². The van der Waals surface area contributed by atoms with Gasteiger partial charge in [-0.1, -0.05) is 28.1 Å². The summed E-state index contributed by atoms with van der Waals surface area (Å²) < 4.78 is 25.2. The van der Waals surface area contributed by atoms with Gasteiger partial charge < -0.3 is 14.6 Å². The highest BCUT2D eigenvalue weighted by Gasteiger charge is 2.32. The van der Waals surface area contributed by atoms with Crippen LogP contribution in [0.2, 0.25) is 0 Å². The van der Waals surface area contributed by atoms with Crippen LogP contribution in [0.15, 0.2) is 75.0 Å². The van der Waals surface area contributed by atoms with Crippen LogP contribution < -0.4 is 9.47 Å². The Hall–Kier alpha value is -3.63. The molecule has 1 amide bonds. The molecule has 0 spiro atoms. The maximum Gasteiger partial charge on any atom is 0.335 e. The molecule has 0 aromatic heterocycles. The SMILES string of the molecule is CCN1C(=O)/C(=C/c2cc(OC)c(OCc3ccc(F)cc3)cc2Br)SC1=Nc1ccc(C(=O)O)cc1. The first-order valence-electron chi connectivity index (χ1n) is 11.2. The smallest absolute Gasteiger partial charge is 0.335 e. The highest BCUT2D eigenvalue weighted by Crippen LogP contribution is 2.39. The standard InChI is InChI=1S/C27H22BrFN2O5S/c1-3-31-25(32)24(37-27(31)30-20-10-6-17(7-11-20)26(33)34)13-18-12-22(35-2)23(14-21(18)28)36-15-16-4-8-19(29)9-5-16/h4-14H,3,15H2,1-2H3,(H,33,34)/b24-13-,30-27?. The van der Waals surface area contributed by atoms with Gasteiger partial charge in [-0.05, 0) is 84.4 Å². The molecular weight excluding hydrogens is 563 g/mol. The summed E-state index contributed by atoms with van der Waals surface area (Å²) in [6, 6.07) is 15.7. The molecule has 0 radical (unpaired) electrons. The second-order valence-corrected chi connectivity index (χ2v) is 9.71. The number of hydrogen-bond acceptors (Lipinski definition) is 6. The Morgan fingerprint density at radius 3 is 2.46 bits per heavy atom. The van der Waals surface area contributed by atoms with Crippen LogP contribution in [0.4, 0.5) is 10.1 Å². The third-order valence-electron chi connectivity index (χ3n) is 5.42. The van der Waals surface area contributed by atoms with Crippen LogP contribution in [-0.2, 0) is 11.4 Å². The predicted molar refractivity (Wildman–Crippen MR) is 145 cm³/mol. The number of carboxylic acid groups (broad SMARTS) is 1. The van der Waals surface area contributed by atoms with Gasteiger partial charge in [0.1, 0.15) is 12.4 Å². The fraction of sp³-hybridized carbons (Fsp3) is 0.148. The van der Waals surface area contributed by atoms with Crippen LogP contribution in [-0.4, -0.2) is 40.7 Å². The molecule has 0 aliphatic carbocycles. The number of hydrogen-bond donors (Lipinski definition) is 1. The van der Waals surface area contributed by atoms with E-state index in [1.165, 1.54) is 43.1 Å². The summed E-state index contributed by atoms with van der Waals surface area (Å²) in [5, 5.41) is 9.59. The Bertz CT molecular complexity index is 1390. The number of halogens is 2. The van der Waals surface area contributed by atoms with Gasteiger partial charge in [0.25, 0.3) is 5.91 Å². The van der Waals surface area contributed by atoms with E-state index in [1.54, 1.807) is 47.4 Å². The number of carboxylic acids is 1. The van der Waals surface area contributed by atoms with Crippen molar-refractivity contribution in [1.82, 2.24) is 4.90 Å². The van der Waals surface area contributed by atoms with Gasteiger partial charge in [0.05, 0.1) is 23.3 Å². The Labute approximate surface area is 225 Å². The van der Waals surface area contributed by atoms with E-state index in [0.717, 1.165) is 5.56 Å². The molecule has 4 rings (SSSR count). The van der Waals surface area contributed by atoms with Gasteiger partial charge in [-0.2, -0.15) is 0 Å². The molecule has 7 nitrogen and oxygen atoms in total. The first-order chi connectivity index (χ1) is 17.8. The molecular formula is C27H22BrFN2O5S. The van der Waals surface area contributed by atoms with Gasteiger partial charge in [-0.25, -0.2) is 14.2 Å². The van der Waals surface area contributed by atoms with E-state index < -0.39 is 5.97 Å². The van der Waals surface area contributed by atoms with Crippen LogP contribution in [0.3, 0.4) is 0 Å². The molecule has 1 saturated heterocycles. The molecule has 0 unspecified atom stereocenters. The third-order valence-corrected chi connectivity index (χ3v) is 7.11. The minimum atomic E-state index is -1.02. The van der Waals surface area contributed by atoms with Crippen molar-refractivity contribution in [2.45, 2.75) is 13.5 Å². The molecule has 1 N–H and O–H groups in total. The van der Waals surface area contributed by atoms with Gasteiger partial charge in [0.2, 0.25) is 0 Å². The molecule has 37 heavy (non-hydrogen) atoms. The molecule has 1 heterocycles. The summed E-state index contributed by atoms with van der Waals surface area (Å²) >= 11 is 4.79. The summed E-state index contributed by atoms with van der Waals surface area (Å²) in [5.41, 5.74) is 2.23. The van der Waals surface area contributed by atoms with E-state index in [2.05, 4.69) is 20.9 Å².